The molecule has 0 N–H and O–H groups in total. The van der Waals surface area contributed by atoms with Gasteiger partial charge in [0.25, 0.3) is 11.8 Å². The number of nitrogens with zero attached hydrogens (tertiary/aromatic N) is 2. The number of benzene rings is 3. The number of carbonyl (C=O) groups excluding carboxylic acids is 2. The highest BCUT2D eigenvalue weighted by Gasteiger charge is 2.43. The average Bonchev–Trinajstić information content (AvgIpc) is 3.42. The van der Waals surface area contributed by atoms with Crippen molar-refractivity contribution in [2.75, 3.05) is 32.5 Å². The van der Waals surface area contributed by atoms with Gasteiger partial charge < -0.3 is 23.8 Å². The van der Waals surface area contributed by atoms with Crippen LogP contribution in [0.3, 0.4) is 0 Å². The molecule has 5 rings (SSSR count). The minimum absolute atomic E-state index is 0.0380. The van der Waals surface area contributed by atoms with Crippen molar-refractivity contribution in [2.45, 2.75) is 44.8 Å². The number of amides is 2. The lowest BCUT2D eigenvalue weighted by atomic mass is 10.0. The van der Waals surface area contributed by atoms with Crippen molar-refractivity contribution in [1.82, 2.24) is 4.90 Å². The highest BCUT2D eigenvalue weighted by molar-refractivity contribution is 6.76. The lowest BCUT2D eigenvalue weighted by Crippen LogP contribution is -2.45. The molecule has 0 saturated carbocycles. The Kier molecular flexibility index (Phi) is 8.70. The molecule has 8 nitrogen and oxygen atoms in total. The Morgan fingerprint density at radius 2 is 1.64 bits per heavy atom. The van der Waals surface area contributed by atoms with E-state index in [-0.39, 0.29) is 18.5 Å². The van der Waals surface area contributed by atoms with E-state index in [1.807, 2.05) is 54.6 Å². The molecule has 0 saturated heterocycles. The predicted molar refractivity (Wildman–Crippen MR) is 166 cm³/mol. The van der Waals surface area contributed by atoms with E-state index >= 15 is 0 Å². The number of ether oxygens (including phenoxy) is 4. The van der Waals surface area contributed by atoms with Gasteiger partial charge in [-0.25, -0.2) is 0 Å². The summed E-state index contributed by atoms with van der Waals surface area (Å²) in [6.07, 6.45) is 2.18. The summed E-state index contributed by atoms with van der Waals surface area (Å²) in [5.74, 6) is 1.14. The predicted octanol–water partition coefficient (Wildman–Crippen LogP) is 6.20. The maximum absolute atomic E-state index is 14.2. The van der Waals surface area contributed by atoms with Gasteiger partial charge in [-0.2, -0.15) is 0 Å². The topological polar surface area (TPSA) is 77.5 Å². The van der Waals surface area contributed by atoms with Crippen LogP contribution in [0.4, 0.5) is 5.69 Å². The molecule has 9 heteroatoms. The Labute approximate surface area is 248 Å². The van der Waals surface area contributed by atoms with Crippen molar-refractivity contribution in [3.8, 4) is 17.2 Å². The molecule has 2 amide bonds. The maximum Gasteiger partial charge on any atom is 0.260 e. The lowest BCUT2D eigenvalue weighted by Gasteiger charge is -2.26. The molecule has 42 heavy (non-hydrogen) atoms. The second-order valence-corrected chi connectivity index (χ2v) is 17.3. The van der Waals surface area contributed by atoms with Crippen LogP contribution in [0.2, 0.25) is 25.7 Å². The van der Waals surface area contributed by atoms with Crippen LogP contribution in [0.25, 0.3) is 5.57 Å². The van der Waals surface area contributed by atoms with Gasteiger partial charge in [0.15, 0.2) is 11.5 Å². The zero-order chi connectivity index (χ0) is 29.9. The highest BCUT2D eigenvalue weighted by Crippen LogP contribution is 2.42. The van der Waals surface area contributed by atoms with Gasteiger partial charge in [0, 0.05) is 33.4 Å². The molecular formula is C33H38N2O6Si. The van der Waals surface area contributed by atoms with E-state index in [1.54, 1.807) is 42.4 Å². The van der Waals surface area contributed by atoms with Crippen LogP contribution in [0, 0.1) is 0 Å². The molecule has 0 spiro atoms. The Balaban J connectivity index is 1.51. The number of carbonyl (C=O) groups is 2. The summed E-state index contributed by atoms with van der Waals surface area (Å²) in [7, 11) is 1.83. The Hall–Kier alpha value is -4.08. The molecule has 0 bridgehead atoms. The number of rotatable bonds is 11. The number of anilines is 1. The third kappa shape index (κ3) is 6.37. The summed E-state index contributed by atoms with van der Waals surface area (Å²) < 4.78 is 23.2. The monoisotopic (exact) mass is 586 g/mol. The summed E-state index contributed by atoms with van der Waals surface area (Å²) in [4.78, 5) is 31.4. The quantitative estimate of drug-likeness (QED) is 0.197. The third-order valence-electron chi connectivity index (χ3n) is 7.55. The number of fused-ring (bicyclic) bond motifs is 2. The minimum atomic E-state index is -1.34. The van der Waals surface area contributed by atoms with Gasteiger partial charge in [0.1, 0.15) is 25.1 Å². The summed E-state index contributed by atoms with van der Waals surface area (Å²) in [6.45, 7) is 7.75. The summed E-state index contributed by atoms with van der Waals surface area (Å²) in [5.41, 5.74) is 3.64. The second-order valence-electron chi connectivity index (χ2n) is 11.7. The van der Waals surface area contributed by atoms with Gasteiger partial charge in [-0.15, -0.1) is 0 Å². The van der Waals surface area contributed by atoms with Crippen LogP contribution in [-0.4, -0.2) is 58.4 Å². The van der Waals surface area contributed by atoms with Crippen LogP contribution < -0.4 is 19.1 Å². The van der Waals surface area contributed by atoms with Gasteiger partial charge in [0.2, 0.25) is 0 Å². The molecule has 0 aromatic heterocycles. The molecule has 220 valence electrons. The summed E-state index contributed by atoms with van der Waals surface area (Å²) in [6, 6.07) is 21.1. The summed E-state index contributed by atoms with van der Waals surface area (Å²) in [5, 5.41) is 0. The van der Waals surface area contributed by atoms with Crippen LogP contribution in [-0.2, 0) is 16.1 Å². The fraction of sp³-hybridized carbons (Fsp3) is 0.333. The first kappa shape index (κ1) is 29.4. The molecule has 3 aromatic rings. The van der Waals surface area contributed by atoms with Crippen LogP contribution in [0.1, 0.15) is 27.9 Å². The first-order valence-electron chi connectivity index (χ1n) is 14.1. The number of hydrogen-bond acceptors (Lipinski definition) is 6. The van der Waals surface area contributed by atoms with Gasteiger partial charge in [-0.1, -0.05) is 62.1 Å². The maximum atomic E-state index is 14.2. The number of hydrogen-bond donors (Lipinski definition) is 0. The molecule has 3 aromatic carbocycles. The number of methoxy groups -OCH3 is 2. The van der Waals surface area contributed by atoms with E-state index in [9.17, 15) is 9.59 Å². The standard InChI is InChI=1S/C33H38N2O6Si/c1-38-26-13-11-24(12-14-26)25-17-29-33(37)35(22-40-15-16-42(3,4)5)28-19-31(41-21-23-9-7-6-8-10-23)30(39-2)18-27(28)32(36)34(29)20-25/h6-14,18-20,29H,15-17,21-22H2,1-5H3/t29-/m0/s1. The summed E-state index contributed by atoms with van der Waals surface area (Å²) >= 11 is 0. The van der Waals surface area contributed by atoms with Crippen molar-refractivity contribution in [3.05, 3.63) is 89.6 Å². The fourth-order valence-electron chi connectivity index (χ4n) is 5.08. The zero-order valence-corrected chi connectivity index (χ0v) is 25.9. The fourth-order valence-corrected chi connectivity index (χ4v) is 5.83. The van der Waals surface area contributed by atoms with Crippen molar-refractivity contribution < 1.29 is 28.5 Å². The largest absolute Gasteiger partial charge is 0.497 e. The van der Waals surface area contributed by atoms with E-state index in [2.05, 4.69) is 19.6 Å². The Morgan fingerprint density at radius 1 is 0.905 bits per heavy atom. The minimum Gasteiger partial charge on any atom is -0.497 e. The smallest absolute Gasteiger partial charge is 0.260 e. The van der Waals surface area contributed by atoms with Gasteiger partial charge in [0.05, 0.1) is 25.5 Å². The van der Waals surface area contributed by atoms with Crippen molar-refractivity contribution in [2.24, 2.45) is 0 Å². The first-order chi connectivity index (χ1) is 20.2. The lowest BCUT2D eigenvalue weighted by molar-refractivity contribution is -0.122. The molecule has 1 atom stereocenters. The molecule has 0 radical (unpaired) electrons. The van der Waals surface area contributed by atoms with Gasteiger partial charge in [-0.3, -0.25) is 14.5 Å². The van der Waals surface area contributed by atoms with E-state index < -0.39 is 14.1 Å². The van der Waals surface area contributed by atoms with E-state index in [4.69, 9.17) is 18.9 Å². The van der Waals surface area contributed by atoms with Crippen molar-refractivity contribution in [3.63, 3.8) is 0 Å². The highest BCUT2D eigenvalue weighted by atomic mass is 28.3. The first-order valence-corrected chi connectivity index (χ1v) is 17.8. The van der Waals surface area contributed by atoms with E-state index in [0.29, 0.717) is 42.4 Å². The van der Waals surface area contributed by atoms with E-state index in [1.165, 1.54) is 0 Å². The zero-order valence-electron chi connectivity index (χ0n) is 24.9. The molecule has 2 heterocycles. The van der Waals surface area contributed by atoms with Crippen molar-refractivity contribution >= 4 is 31.1 Å². The van der Waals surface area contributed by atoms with Gasteiger partial charge >= 0.3 is 0 Å². The van der Waals surface area contributed by atoms with Crippen LogP contribution in [0.5, 0.6) is 17.2 Å². The Bertz CT molecular complexity index is 1470. The second kappa shape index (κ2) is 12.4. The molecule has 0 fully saturated rings. The van der Waals surface area contributed by atoms with Crippen molar-refractivity contribution in [1.29, 1.82) is 0 Å². The molecule has 0 aliphatic carbocycles. The SMILES string of the molecule is COc1ccc(C2=CN3C(=O)c4cc(OC)c(OCc5ccccc5)cc4N(COCC[Si](C)(C)C)C(=O)[C@@H]3C2)cc1. The molecule has 2 aliphatic heterocycles. The average molecular weight is 587 g/mol. The normalized spacial score (nSPS) is 16.5. The molecule has 0 unspecified atom stereocenters. The van der Waals surface area contributed by atoms with Gasteiger partial charge in [-0.05, 0) is 40.9 Å². The molecular weight excluding hydrogens is 548 g/mol. The van der Waals surface area contributed by atoms with Crippen LogP contribution >= 0.6 is 0 Å². The van der Waals surface area contributed by atoms with E-state index in [0.717, 1.165) is 28.5 Å². The third-order valence-corrected chi connectivity index (χ3v) is 9.25. The van der Waals surface area contributed by atoms with Crippen LogP contribution in [0.15, 0.2) is 72.9 Å². The molecule has 2 aliphatic rings. The Morgan fingerprint density at radius 3 is 2.31 bits per heavy atom.